The van der Waals surface area contributed by atoms with Gasteiger partial charge in [-0.15, -0.1) is 0 Å². The summed E-state index contributed by atoms with van der Waals surface area (Å²) < 4.78 is 42.3. The van der Waals surface area contributed by atoms with E-state index < -0.39 is 29.2 Å². The Morgan fingerprint density at radius 2 is 1.80 bits per heavy atom. The number of nitrogens with zero attached hydrogens (tertiary/aromatic N) is 4. The van der Waals surface area contributed by atoms with Crippen molar-refractivity contribution in [3.05, 3.63) is 29.6 Å². The molecule has 12 heteroatoms. The first kappa shape index (κ1) is 23.6. The molecule has 0 bridgehead atoms. The molecule has 35 heavy (non-hydrogen) atoms. The van der Waals surface area contributed by atoms with Crippen molar-refractivity contribution in [3.8, 4) is 0 Å². The maximum Gasteiger partial charge on any atom is 0.220 e. The van der Waals surface area contributed by atoms with Crippen molar-refractivity contribution in [2.45, 2.75) is 75.7 Å². The monoisotopic (exact) mass is 491 g/mol. The van der Waals surface area contributed by atoms with E-state index in [9.17, 15) is 23.1 Å². The number of guanidine groups is 2. The third kappa shape index (κ3) is 4.84. The van der Waals surface area contributed by atoms with E-state index in [0.29, 0.717) is 56.2 Å². The number of hydrogen-bond donors (Lipinski definition) is 4. The predicted molar refractivity (Wildman–Crippen MR) is 125 cm³/mol. The number of aliphatic hydroxyl groups excluding tert-OH is 1. The molecule has 4 aliphatic rings. The number of aliphatic imine (C=N–C) groups is 3. The number of nitrogens with one attached hydrogen (secondary N) is 3. The van der Waals surface area contributed by atoms with Crippen molar-refractivity contribution < 1.29 is 23.1 Å². The molecule has 1 saturated carbocycles. The molecule has 1 aromatic rings. The van der Waals surface area contributed by atoms with Crippen molar-refractivity contribution in [2.24, 2.45) is 15.0 Å². The number of hydrogen-bond acceptors (Lipinski definition) is 8. The highest BCUT2D eigenvalue weighted by molar-refractivity contribution is 6.16. The average Bonchev–Trinajstić information content (AvgIpc) is 3.17. The standard InChI is InChI=1S/C23H28F3N7O2/c1-11-19-21(32-22(28-11)29-13-2-5-15(34)6-3-13)33(14-4-7-18(35)27-10-14)23(30-19)31-20-16(25)8-12(24)9-17(20)26/h8-9,11,13-15,19,34H,2-7,10H2,1H3,(H,27,35)(H,28,29)(H,30,31). The Bertz CT molecular complexity index is 1070. The Kier molecular flexibility index (Phi) is 6.39. The van der Waals surface area contributed by atoms with Crippen LogP contribution in [0.15, 0.2) is 27.1 Å². The Hall–Kier alpha value is -3.15. The van der Waals surface area contributed by atoms with Crippen molar-refractivity contribution in [2.75, 3.05) is 11.9 Å². The van der Waals surface area contributed by atoms with E-state index in [1.54, 1.807) is 4.90 Å². The first-order valence-electron chi connectivity index (χ1n) is 11.9. The molecule has 9 nitrogen and oxygen atoms in total. The topological polar surface area (TPSA) is 114 Å². The Morgan fingerprint density at radius 1 is 1.09 bits per heavy atom. The number of amides is 1. The SMILES string of the molecule is CC1N=C(NC2CCC(O)CC2)N=C2C1N=C(Nc1c(F)cc(F)cc1F)N2C1CCC(=O)NC1. The molecule has 5 rings (SSSR count). The highest BCUT2D eigenvalue weighted by Crippen LogP contribution is 2.29. The molecule has 2 fully saturated rings. The molecule has 188 valence electrons. The molecule has 1 saturated heterocycles. The number of benzene rings is 1. The summed E-state index contributed by atoms with van der Waals surface area (Å²) in [5.41, 5.74) is -0.512. The van der Waals surface area contributed by atoms with Gasteiger partial charge in [0.2, 0.25) is 17.8 Å². The zero-order valence-electron chi connectivity index (χ0n) is 19.3. The van der Waals surface area contributed by atoms with Crippen LogP contribution in [0.4, 0.5) is 18.9 Å². The maximum atomic E-state index is 14.4. The summed E-state index contributed by atoms with van der Waals surface area (Å²) in [6.45, 7) is 2.20. The second-order valence-electron chi connectivity index (χ2n) is 9.45. The fourth-order valence-corrected chi connectivity index (χ4v) is 4.99. The van der Waals surface area contributed by atoms with Gasteiger partial charge >= 0.3 is 0 Å². The molecule has 3 heterocycles. The third-order valence-electron chi connectivity index (χ3n) is 6.88. The molecule has 3 aliphatic heterocycles. The zero-order valence-corrected chi connectivity index (χ0v) is 19.3. The summed E-state index contributed by atoms with van der Waals surface area (Å²) in [6.07, 6.45) is 3.53. The quantitative estimate of drug-likeness (QED) is 0.516. The van der Waals surface area contributed by atoms with Gasteiger partial charge in [0.1, 0.15) is 23.4 Å². The molecule has 0 aromatic heterocycles. The van der Waals surface area contributed by atoms with Gasteiger partial charge in [-0.3, -0.25) is 9.69 Å². The second-order valence-corrected chi connectivity index (χ2v) is 9.45. The van der Waals surface area contributed by atoms with E-state index >= 15 is 0 Å². The lowest BCUT2D eigenvalue weighted by Crippen LogP contribution is -2.55. The average molecular weight is 492 g/mol. The molecular formula is C23H28F3N7O2. The largest absolute Gasteiger partial charge is 0.393 e. The van der Waals surface area contributed by atoms with Crippen LogP contribution in [-0.2, 0) is 4.79 Å². The van der Waals surface area contributed by atoms with Crippen molar-refractivity contribution in [3.63, 3.8) is 0 Å². The van der Waals surface area contributed by atoms with Gasteiger partial charge < -0.3 is 21.1 Å². The third-order valence-corrected chi connectivity index (χ3v) is 6.88. The summed E-state index contributed by atoms with van der Waals surface area (Å²) in [6, 6.07) is 0.306. The molecule has 1 aliphatic carbocycles. The van der Waals surface area contributed by atoms with Gasteiger partial charge in [-0.05, 0) is 39.0 Å². The first-order valence-corrected chi connectivity index (χ1v) is 11.9. The lowest BCUT2D eigenvalue weighted by molar-refractivity contribution is -0.122. The smallest absolute Gasteiger partial charge is 0.220 e. The highest BCUT2D eigenvalue weighted by atomic mass is 19.1. The van der Waals surface area contributed by atoms with E-state index in [0.717, 1.165) is 12.8 Å². The van der Waals surface area contributed by atoms with Crippen LogP contribution in [0.2, 0.25) is 0 Å². The minimum atomic E-state index is -1.08. The van der Waals surface area contributed by atoms with Crippen LogP contribution >= 0.6 is 0 Å². The number of anilines is 1. The van der Waals surface area contributed by atoms with Crippen LogP contribution in [0.1, 0.15) is 45.4 Å². The maximum absolute atomic E-state index is 14.4. The molecule has 0 radical (unpaired) electrons. The van der Waals surface area contributed by atoms with Crippen LogP contribution in [-0.4, -0.2) is 70.5 Å². The van der Waals surface area contributed by atoms with Crippen molar-refractivity contribution in [1.29, 1.82) is 0 Å². The summed E-state index contributed by atoms with van der Waals surface area (Å²) in [5.74, 6) is -2.06. The number of carbonyl (C=O) groups is 1. The number of aliphatic hydroxyl groups is 1. The first-order chi connectivity index (χ1) is 16.8. The Labute approximate surface area is 200 Å². The van der Waals surface area contributed by atoms with Crippen LogP contribution < -0.4 is 16.0 Å². The fraction of sp³-hybridized carbons (Fsp3) is 0.565. The van der Waals surface area contributed by atoms with Crippen LogP contribution in [0.25, 0.3) is 0 Å². The van der Waals surface area contributed by atoms with E-state index in [1.807, 2.05) is 6.92 Å². The summed E-state index contributed by atoms with van der Waals surface area (Å²) in [7, 11) is 0. The van der Waals surface area contributed by atoms with Gasteiger partial charge in [0.15, 0.2) is 11.6 Å². The van der Waals surface area contributed by atoms with E-state index in [2.05, 4.69) is 25.9 Å². The molecule has 1 amide bonds. The Morgan fingerprint density at radius 3 is 2.46 bits per heavy atom. The second kappa shape index (κ2) is 9.48. The van der Waals surface area contributed by atoms with Gasteiger partial charge in [0.25, 0.3) is 0 Å². The molecule has 4 N–H and O–H groups in total. The fourth-order valence-electron chi connectivity index (χ4n) is 4.99. The van der Waals surface area contributed by atoms with Gasteiger partial charge in [0.05, 0.1) is 18.2 Å². The normalized spacial score (nSPS) is 30.7. The van der Waals surface area contributed by atoms with Gasteiger partial charge in [0, 0.05) is 31.1 Å². The highest BCUT2D eigenvalue weighted by Gasteiger charge is 2.43. The van der Waals surface area contributed by atoms with Crippen LogP contribution in [0.5, 0.6) is 0 Å². The van der Waals surface area contributed by atoms with Crippen LogP contribution in [0.3, 0.4) is 0 Å². The molecule has 3 atom stereocenters. The number of piperidine rings is 1. The van der Waals surface area contributed by atoms with E-state index in [1.165, 1.54) is 0 Å². The summed E-state index contributed by atoms with van der Waals surface area (Å²) in [5, 5.41) is 18.7. The minimum Gasteiger partial charge on any atom is -0.393 e. The molecule has 1 aromatic carbocycles. The number of fused-ring (bicyclic) bond motifs is 1. The van der Waals surface area contributed by atoms with Crippen molar-refractivity contribution >= 4 is 29.3 Å². The summed E-state index contributed by atoms with van der Waals surface area (Å²) in [4.78, 5) is 27.6. The zero-order chi connectivity index (χ0) is 24.7. The molecule has 0 spiro atoms. The van der Waals surface area contributed by atoms with Gasteiger partial charge in [-0.25, -0.2) is 23.2 Å². The van der Waals surface area contributed by atoms with Crippen LogP contribution in [0, 0.1) is 17.5 Å². The number of carbonyl (C=O) groups excluding carboxylic acids is 1. The Balaban J connectivity index is 1.44. The lowest BCUT2D eigenvalue weighted by atomic mass is 9.93. The minimum absolute atomic E-state index is 0.0681. The van der Waals surface area contributed by atoms with E-state index in [4.69, 9.17) is 4.99 Å². The number of halogens is 3. The van der Waals surface area contributed by atoms with Gasteiger partial charge in [-0.2, -0.15) is 4.99 Å². The lowest BCUT2D eigenvalue weighted by Gasteiger charge is -2.36. The number of amidine groups is 1. The van der Waals surface area contributed by atoms with Crippen molar-refractivity contribution in [1.82, 2.24) is 15.5 Å². The summed E-state index contributed by atoms with van der Waals surface area (Å²) >= 11 is 0. The molecule has 3 unspecified atom stereocenters. The molecular weight excluding hydrogens is 463 g/mol. The predicted octanol–water partition coefficient (Wildman–Crippen LogP) is 1.88. The van der Waals surface area contributed by atoms with Gasteiger partial charge in [-0.1, -0.05) is 0 Å². The van der Waals surface area contributed by atoms with E-state index in [-0.39, 0.29) is 36.1 Å². The number of rotatable bonds is 3.